The lowest BCUT2D eigenvalue weighted by Gasteiger charge is -2.03. The average molecular weight is 240 g/mol. The number of hydrogen-bond acceptors (Lipinski definition) is 3. The number of aromatic nitrogens is 1. The number of benzene rings is 1. The topological polar surface area (TPSA) is 36.7 Å². The Kier molecular flexibility index (Phi) is 3.79. The summed E-state index contributed by atoms with van der Waals surface area (Å²) in [6.07, 6.45) is 1.68. The van der Waals surface area contributed by atoms with Gasteiger partial charge in [-0.2, -0.15) is 5.26 Å². The number of thioether (sulfide) groups is 1. The third-order valence-corrected chi connectivity index (χ3v) is 3.40. The van der Waals surface area contributed by atoms with E-state index in [1.807, 2.05) is 12.1 Å². The first kappa shape index (κ1) is 11.7. The predicted octanol–water partition coefficient (Wildman–Crippen LogP) is 3.55. The van der Waals surface area contributed by atoms with E-state index < -0.39 is 0 Å². The van der Waals surface area contributed by atoms with E-state index in [2.05, 4.69) is 42.2 Å². The fourth-order valence-corrected chi connectivity index (χ4v) is 2.40. The summed E-state index contributed by atoms with van der Waals surface area (Å²) in [6, 6.07) is 14.3. The fraction of sp³-hybridized carbons (Fsp3) is 0.143. The molecule has 0 bridgehead atoms. The fourth-order valence-electron chi connectivity index (χ4n) is 1.53. The van der Waals surface area contributed by atoms with Crippen molar-refractivity contribution >= 4 is 11.8 Å². The number of rotatable bonds is 3. The van der Waals surface area contributed by atoms with Crippen molar-refractivity contribution in [3.63, 3.8) is 0 Å². The van der Waals surface area contributed by atoms with E-state index >= 15 is 0 Å². The highest BCUT2D eigenvalue weighted by Crippen LogP contribution is 2.23. The van der Waals surface area contributed by atoms with Crippen molar-refractivity contribution in [1.29, 1.82) is 5.26 Å². The number of hydrogen-bond donors (Lipinski definition) is 0. The van der Waals surface area contributed by atoms with Crippen LogP contribution in [0, 0.1) is 18.3 Å². The zero-order valence-electron chi connectivity index (χ0n) is 9.55. The van der Waals surface area contributed by atoms with Crippen molar-refractivity contribution in [3.8, 4) is 6.07 Å². The summed E-state index contributed by atoms with van der Waals surface area (Å²) in [5, 5.41) is 8.76. The highest BCUT2D eigenvalue weighted by Gasteiger charge is 1.99. The summed E-state index contributed by atoms with van der Waals surface area (Å²) in [4.78, 5) is 5.03. The molecule has 2 rings (SSSR count). The van der Waals surface area contributed by atoms with Crippen molar-refractivity contribution in [3.05, 3.63) is 59.4 Å². The van der Waals surface area contributed by atoms with Crippen LogP contribution in [0.3, 0.4) is 0 Å². The van der Waals surface area contributed by atoms with Gasteiger partial charge in [0.05, 0.1) is 0 Å². The van der Waals surface area contributed by atoms with Crippen molar-refractivity contribution in [2.45, 2.75) is 17.6 Å². The van der Waals surface area contributed by atoms with Gasteiger partial charge in [0, 0.05) is 16.8 Å². The van der Waals surface area contributed by atoms with Gasteiger partial charge in [0.2, 0.25) is 0 Å². The van der Waals surface area contributed by atoms with E-state index in [0.717, 1.165) is 10.6 Å². The highest BCUT2D eigenvalue weighted by molar-refractivity contribution is 7.98. The normalized spacial score (nSPS) is 9.88. The molecule has 3 heteroatoms. The van der Waals surface area contributed by atoms with Gasteiger partial charge in [0.25, 0.3) is 0 Å². The average Bonchev–Trinajstić information content (AvgIpc) is 2.37. The van der Waals surface area contributed by atoms with Crippen LogP contribution in [0.15, 0.2) is 47.5 Å². The maximum atomic E-state index is 8.76. The molecule has 2 aromatic rings. The lowest BCUT2D eigenvalue weighted by atomic mass is 10.2. The zero-order chi connectivity index (χ0) is 12.1. The minimum absolute atomic E-state index is 0.472. The molecule has 0 unspecified atom stereocenters. The van der Waals surface area contributed by atoms with E-state index in [1.165, 1.54) is 11.1 Å². The molecule has 0 aliphatic carbocycles. The minimum Gasteiger partial charge on any atom is -0.245 e. The van der Waals surface area contributed by atoms with E-state index in [9.17, 15) is 0 Å². The Morgan fingerprint density at radius 1 is 1.29 bits per heavy atom. The van der Waals surface area contributed by atoms with Gasteiger partial charge >= 0.3 is 0 Å². The van der Waals surface area contributed by atoms with Gasteiger partial charge in [-0.3, -0.25) is 0 Å². The molecule has 17 heavy (non-hydrogen) atoms. The summed E-state index contributed by atoms with van der Waals surface area (Å²) >= 11 is 1.72. The van der Waals surface area contributed by atoms with Crippen molar-refractivity contribution in [1.82, 2.24) is 4.98 Å². The molecule has 1 aromatic carbocycles. The molecule has 0 atom stereocenters. The predicted molar refractivity (Wildman–Crippen MR) is 69.7 cm³/mol. The van der Waals surface area contributed by atoms with Crippen LogP contribution in [0.5, 0.6) is 0 Å². The summed E-state index contributed by atoms with van der Waals surface area (Å²) < 4.78 is 0. The number of aryl methyl sites for hydroxylation is 1. The molecule has 0 spiro atoms. The highest BCUT2D eigenvalue weighted by atomic mass is 32.2. The van der Waals surface area contributed by atoms with Crippen LogP contribution >= 0.6 is 11.8 Å². The van der Waals surface area contributed by atoms with Crippen LogP contribution in [-0.4, -0.2) is 4.98 Å². The SMILES string of the molecule is Cc1cccc(CSc2ccnc(C#N)c2)c1. The number of nitrogens with zero attached hydrogens (tertiary/aromatic N) is 2. The van der Waals surface area contributed by atoms with Gasteiger partial charge in [-0.15, -0.1) is 11.8 Å². The lowest BCUT2D eigenvalue weighted by Crippen LogP contribution is -1.84. The summed E-state index contributed by atoms with van der Waals surface area (Å²) in [5.74, 6) is 0.913. The monoisotopic (exact) mass is 240 g/mol. The van der Waals surface area contributed by atoms with Crippen LogP contribution in [0.2, 0.25) is 0 Å². The largest absolute Gasteiger partial charge is 0.245 e. The second-order valence-corrected chi connectivity index (χ2v) is 4.82. The molecule has 0 aliphatic heterocycles. The molecule has 0 aliphatic rings. The van der Waals surface area contributed by atoms with Crippen LogP contribution in [0.25, 0.3) is 0 Å². The summed E-state index contributed by atoms with van der Waals surface area (Å²) in [6.45, 7) is 2.09. The van der Waals surface area contributed by atoms with Crippen LogP contribution in [-0.2, 0) is 5.75 Å². The Morgan fingerprint density at radius 3 is 2.94 bits per heavy atom. The smallest absolute Gasteiger partial charge is 0.141 e. The number of nitriles is 1. The van der Waals surface area contributed by atoms with Gasteiger partial charge in [0.1, 0.15) is 11.8 Å². The first-order valence-corrected chi connectivity index (χ1v) is 6.31. The van der Waals surface area contributed by atoms with Crippen molar-refractivity contribution < 1.29 is 0 Å². The second kappa shape index (κ2) is 5.51. The molecular weight excluding hydrogens is 228 g/mol. The summed E-state index contributed by atoms with van der Waals surface area (Å²) in [5.41, 5.74) is 3.04. The first-order valence-electron chi connectivity index (χ1n) is 5.32. The Bertz CT molecular complexity index is 558. The second-order valence-electron chi connectivity index (χ2n) is 3.77. The van der Waals surface area contributed by atoms with Crippen LogP contribution in [0.1, 0.15) is 16.8 Å². The van der Waals surface area contributed by atoms with E-state index in [-0.39, 0.29) is 0 Å². The van der Waals surface area contributed by atoms with Gasteiger partial charge in [-0.05, 0) is 24.6 Å². The Hall–Kier alpha value is -1.79. The molecule has 0 radical (unpaired) electrons. The lowest BCUT2D eigenvalue weighted by molar-refractivity contribution is 1.21. The molecule has 0 saturated heterocycles. The van der Waals surface area contributed by atoms with E-state index in [0.29, 0.717) is 5.69 Å². The Labute approximate surface area is 105 Å². The van der Waals surface area contributed by atoms with Gasteiger partial charge < -0.3 is 0 Å². The molecule has 1 heterocycles. The zero-order valence-corrected chi connectivity index (χ0v) is 10.4. The maximum absolute atomic E-state index is 8.76. The van der Waals surface area contributed by atoms with Gasteiger partial charge in [-0.1, -0.05) is 29.8 Å². The molecule has 0 fully saturated rings. The Morgan fingerprint density at radius 2 is 2.18 bits per heavy atom. The van der Waals surface area contributed by atoms with E-state index in [4.69, 9.17) is 5.26 Å². The first-order chi connectivity index (χ1) is 8.28. The molecule has 1 aromatic heterocycles. The minimum atomic E-state index is 0.472. The maximum Gasteiger partial charge on any atom is 0.141 e. The molecule has 0 saturated carbocycles. The summed E-state index contributed by atoms with van der Waals surface area (Å²) in [7, 11) is 0. The molecule has 0 amide bonds. The van der Waals surface area contributed by atoms with Crippen LogP contribution in [0.4, 0.5) is 0 Å². The third-order valence-electron chi connectivity index (χ3n) is 2.33. The molecular formula is C14H12N2S. The molecule has 0 N–H and O–H groups in total. The molecule has 2 nitrogen and oxygen atoms in total. The van der Waals surface area contributed by atoms with Crippen molar-refractivity contribution in [2.75, 3.05) is 0 Å². The van der Waals surface area contributed by atoms with Gasteiger partial charge in [0.15, 0.2) is 0 Å². The molecule has 84 valence electrons. The Balaban J connectivity index is 2.05. The quantitative estimate of drug-likeness (QED) is 0.770. The van der Waals surface area contributed by atoms with Crippen LogP contribution < -0.4 is 0 Å². The number of pyridine rings is 1. The third kappa shape index (κ3) is 3.33. The standard InChI is InChI=1S/C14H12N2S/c1-11-3-2-4-12(7-11)10-17-14-5-6-16-13(8-14)9-15/h2-8H,10H2,1H3. The van der Waals surface area contributed by atoms with Gasteiger partial charge in [-0.25, -0.2) is 4.98 Å². The van der Waals surface area contributed by atoms with Crippen molar-refractivity contribution in [2.24, 2.45) is 0 Å². The van der Waals surface area contributed by atoms with E-state index in [1.54, 1.807) is 18.0 Å².